The number of hydrogen-bond acceptors (Lipinski definition) is 6. The molecule has 8 nitrogen and oxygen atoms in total. The number of amidine groups is 1. The Morgan fingerprint density at radius 3 is 2.74 bits per heavy atom. The number of amides is 1. The zero-order chi connectivity index (χ0) is 24.5. The normalized spacial score (nSPS) is 30.5. The van der Waals surface area contributed by atoms with E-state index in [2.05, 4.69) is 21.0 Å². The molecule has 188 valence electrons. The molecular formula is C26H35N5O3S. The molecule has 1 aromatic carbocycles. The first-order chi connectivity index (χ1) is 16.9. The third kappa shape index (κ3) is 5.10. The Bertz CT molecular complexity index is 1140. The average molecular weight is 498 g/mol. The lowest BCUT2D eigenvalue weighted by atomic mass is 9.80. The second kappa shape index (κ2) is 9.90. The molecule has 3 atom stereocenters. The summed E-state index contributed by atoms with van der Waals surface area (Å²) in [4.78, 5) is 21.1. The van der Waals surface area contributed by atoms with Crippen molar-refractivity contribution in [3.05, 3.63) is 29.8 Å². The fraction of sp³-hybridized carbons (Fsp3) is 0.654. The van der Waals surface area contributed by atoms with E-state index in [9.17, 15) is 18.5 Å². The highest BCUT2D eigenvalue weighted by molar-refractivity contribution is 7.90. The standard InChI is InChI=1S/C26H35N5O3S/c27-18-26(13-15-31-14-7-6-10-20(31)17-26)29-25(32)22(16-19-8-2-1-3-9-19)28-24-21-11-4-5-12-23(21)35(33,34)30-24/h4-5,11-12,19-20,22H,1-3,6-10,13-17H2,(H,28,30)(H,29,32)/t20-,22-,26-/m0/s1. The van der Waals surface area contributed by atoms with E-state index in [0.717, 1.165) is 51.6 Å². The van der Waals surface area contributed by atoms with Gasteiger partial charge in [-0.15, -0.1) is 0 Å². The van der Waals surface area contributed by atoms with Crippen molar-refractivity contribution in [1.82, 2.24) is 14.9 Å². The van der Waals surface area contributed by atoms with Crippen LogP contribution in [0.5, 0.6) is 0 Å². The number of nitrogens with zero attached hydrogens (tertiary/aromatic N) is 3. The Hall–Kier alpha value is -2.44. The first-order valence-electron chi connectivity index (χ1n) is 13.1. The van der Waals surface area contributed by atoms with Crippen molar-refractivity contribution in [1.29, 1.82) is 5.26 Å². The molecular weight excluding hydrogens is 462 g/mol. The smallest absolute Gasteiger partial charge is 0.263 e. The number of fused-ring (bicyclic) bond motifs is 2. The minimum absolute atomic E-state index is 0.189. The second-order valence-electron chi connectivity index (χ2n) is 10.7. The molecule has 2 N–H and O–H groups in total. The molecule has 5 rings (SSSR count). The van der Waals surface area contributed by atoms with Crippen molar-refractivity contribution in [3.63, 3.8) is 0 Å². The van der Waals surface area contributed by atoms with Gasteiger partial charge in [0.25, 0.3) is 10.0 Å². The fourth-order valence-corrected chi connectivity index (χ4v) is 7.57. The van der Waals surface area contributed by atoms with Crippen LogP contribution in [-0.2, 0) is 14.8 Å². The number of benzene rings is 1. The summed E-state index contributed by atoms with van der Waals surface area (Å²) < 4.78 is 27.8. The number of sulfonamides is 1. The highest BCUT2D eigenvalue weighted by Gasteiger charge is 2.43. The molecule has 1 aliphatic carbocycles. The number of aliphatic imine (C=N–C) groups is 1. The molecule has 0 unspecified atom stereocenters. The van der Waals surface area contributed by atoms with Gasteiger partial charge in [0, 0.05) is 18.2 Å². The van der Waals surface area contributed by atoms with Gasteiger partial charge in [0.15, 0.2) is 0 Å². The van der Waals surface area contributed by atoms with Gasteiger partial charge in [-0.25, -0.2) is 8.42 Å². The van der Waals surface area contributed by atoms with E-state index in [-0.39, 0.29) is 16.6 Å². The predicted octanol–water partition coefficient (Wildman–Crippen LogP) is 3.09. The lowest BCUT2D eigenvalue weighted by Crippen LogP contribution is -2.60. The largest absolute Gasteiger partial charge is 0.336 e. The summed E-state index contributed by atoms with van der Waals surface area (Å²) in [6.07, 6.45) is 10.8. The Balaban J connectivity index is 1.40. The summed E-state index contributed by atoms with van der Waals surface area (Å²) in [6, 6.07) is 8.76. The van der Waals surface area contributed by atoms with E-state index in [1.54, 1.807) is 24.3 Å². The van der Waals surface area contributed by atoms with Gasteiger partial charge in [-0.2, -0.15) is 5.26 Å². The van der Waals surface area contributed by atoms with Gasteiger partial charge in [0.05, 0.1) is 11.0 Å². The summed E-state index contributed by atoms with van der Waals surface area (Å²) >= 11 is 0. The molecule has 0 bridgehead atoms. The van der Waals surface area contributed by atoms with Crippen LogP contribution in [0, 0.1) is 17.2 Å². The van der Waals surface area contributed by atoms with Gasteiger partial charge in [0.1, 0.15) is 17.4 Å². The minimum atomic E-state index is -3.69. The first-order valence-corrected chi connectivity index (χ1v) is 14.5. The molecule has 0 aromatic heterocycles. The van der Waals surface area contributed by atoms with E-state index in [1.165, 1.54) is 12.8 Å². The Kier molecular flexibility index (Phi) is 6.86. The maximum absolute atomic E-state index is 13.7. The van der Waals surface area contributed by atoms with Crippen LogP contribution in [0.2, 0.25) is 0 Å². The van der Waals surface area contributed by atoms with Crippen molar-refractivity contribution >= 4 is 21.8 Å². The van der Waals surface area contributed by atoms with E-state index < -0.39 is 21.6 Å². The predicted molar refractivity (Wildman–Crippen MR) is 133 cm³/mol. The van der Waals surface area contributed by atoms with Crippen LogP contribution in [-0.4, -0.2) is 55.8 Å². The molecule has 3 fully saturated rings. The zero-order valence-electron chi connectivity index (χ0n) is 20.2. The lowest BCUT2D eigenvalue weighted by Gasteiger charge is -2.46. The molecule has 1 saturated carbocycles. The summed E-state index contributed by atoms with van der Waals surface area (Å²) in [5.41, 5.74) is -0.396. The van der Waals surface area contributed by atoms with Crippen LogP contribution < -0.4 is 10.0 Å². The molecule has 3 aliphatic heterocycles. The highest BCUT2D eigenvalue weighted by atomic mass is 32.2. The van der Waals surface area contributed by atoms with Gasteiger partial charge in [-0.1, -0.05) is 50.7 Å². The third-order valence-electron chi connectivity index (χ3n) is 8.27. The number of hydrogen-bond donors (Lipinski definition) is 2. The number of nitriles is 1. The van der Waals surface area contributed by atoms with E-state index in [0.29, 0.717) is 36.8 Å². The Morgan fingerprint density at radius 1 is 1.17 bits per heavy atom. The van der Waals surface area contributed by atoms with Crippen molar-refractivity contribution in [2.24, 2.45) is 10.9 Å². The molecule has 9 heteroatoms. The molecule has 3 heterocycles. The van der Waals surface area contributed by atoms with Gasteiger partial charge in [-0.3, -0.25) is 14.5 Å². The molecule has 1 amide bonds. The lowest BCUT2D eigenvalue weighted by molar-refractivity contribution is -0.125. The van der Waals surface area contributed by atoms with E-state index in [1.807, 2.05) is 0 Å². The third-order valence-corrected chi connectivity index (χ3v) is 9.66. The molecule has 2 saturated heterocycles. The Labute approximate surface area is 208 Å². The van der Waals surface area contributed by atoms with Crippen LogP contribution in [0.25, 0.3) is 0 Å². The monoisotopic (exact) mass is 497 g/mol. The molecule has 35 heavy (non-hydrogen) atoms. The van der Waals surface area contributed by atoms with Gasteiger partial charge < -0.3 is 10.2 Å². The summed E-state index contributed by atoms with van der Waals surface area (Å²) in [5, 5.41) is 13.3. The van der Waals surface area contributed by atoms with Crippen molar-refractivity contribution in [2.75, 3.05) is 13.1 Å². The van der Waals surface area contributed by atoms with Gasteiger partial charge in [0.2, 0.25) is 5.91 Å². The molecule has 0 spiro atoms. The van der Waals surface area contributed by atoms with E-state index in [4.69, 9.17) is 4.99 Å². The summed E-state index contributed by atoms with van der Waals surface area (Å²) in [6.45, 7) is 1.88. The SMILES string of the molecule is N#C[C@]1(NC(=O)[C@H](CC2CCCCC2)N=C2NS(=O)(=O)c3ccccc32)CCN2CCCC[C@H]2C1. The van der Waals surface area contributed by atoms with Crippen LogP contribution >= 0.6 is 0 Å². The number of nitrogens with one attached hydrogen (secondary N) is 2. The summed E-state index contributed by atoms with van der Waals surface area (Å²) in [7, 11) is -3.69. The number of rotatable bonds is 5. The van der Waals surface area contributed by atoms with Crippen LogP contribution in [0.3, 0.4) is 0 Å². The second-order valence-corrected chi connectivity index (χ2v) is 12.3. The topological polar surface area (TPSA) is 115 Å². The van der Waals surface area contributed by atoms with Crippen LogP contribution in [0.15, 0.2) is 34.2 Å². The maximum Gasteiger partial charge on any atom is 0.263 e. The molecule has 0 radical (unpaired) electrons. The number of carbonyl (C=O) groups excluding carboxylic acids is 1. The zero-order valence-corrected chi connectivity index (χ0v) is 21.0. The number of carbonyl (C=O) groups is 1. The first kappa shape index (κ1) is 24.3. The van der Waals surface area contributed by atoms with Crippen molar-refractivity contribution in [2.45, 2.75) is 93.1 Å². The Morgan fingerprint density at radius 2 is 1.94 bits per heavy atom. The molecule has 4 aliphatic rings. The molecule has 1 aromatic rings. The van der Waals surface area contributed by atoms with Gasteiger partial charge >= 0.3 is 0 Å². The maximum atomic E-state index is 13.7. The van der Waals surface area contributed by atoms with Crippen LogP contribution in [0.1, 0.15) is 76.2 Å². The van der Waals surface area contributed by atoms with Crippen molar-refractivity contribution in [3.8, 4) is 6.07 Å². The van der Waals surface area contributed by atoms with E-state index >= 15 is 0 Å². The fourth-order valence-electron chi connectivity index (χ4n) is 6.33. The highest BCUT2D eigenvalue weighted by Crippen LogP contribution is 2.33. The quantitative estimate of drug-likeness (QED) is 0.649. The van der Waals surface area contributed by atoms with Crippen LogP contribution in [0.4, 0.5) is 0 Å². The number of piperidine rings is 2. The minimum Gasteiger partial charge on any atom is -0.336 e. The summed E-state index contributed by atoms with van der Waals surface area (Å²) in [5.74, 6) is 0.331. The average Bonchev–Trinajstić information content (AvgIpc) is 3.14. The van der Waals surface area contributed by atoms with Crippen molar-refractivity contribution < 1.29 is 13.2 Å². The van der Waals surface area contributed by atoms with Gasteiger partial charge in [-0.05, 0) is 56.7 Å².